The smallest absolute Gasteiger partial charge is 0.271 e. The van der Waals surface area contributed by atoms with E-state index < -0.39 is 0 Å². The molecule has 2 heterocycles. The molecule has 0 saturated carbocycles. The van der Waals surface area contributed by atoms with Gasteiger partial charge < -0.3 is 4.90 Å². The van der Waals surface area contributed by atoms with Crippen molar-refractivity contribution in [3.05, 3.63) is 126 Å². The molecule has 34 heavy (non-hydrogen) atoms. The van der Waals surface area contributed by atoms with E-state index in [0.29, 0.717) is 4.53 Å². The van der Waals surface area contributed by atoms with E-state index in [9.17, 15) is 4.79 Å². The van der Waals surface area contributed by atoms with Gasteiger partial charge in [-0.15, -0.1) is 0 Å². The third kappa shape index (κ3) is 3.44. The van der Waals surface area contributed by atoms with Crippen molar-refractivity contribution in [1.82, 2.24) is 4.57 Å². The Labute approximate surface area is 202 Å². The molecular formula is C29H25N3OS. The van der Waals surface area contributed by atoms with Crippen molar-refractivity contribution in [3.63, 3.8) is 0 Å². The second kappa shape index (κ2) is 8.26. The van der Waals surface area contributed by atoms with Crippen molar-refractivity contribution in [1.29, 1.82) is 0 Å². The first kappa shape index (κ1) is 20.9. The van der Waals surface area contributed by atoms with Crippen LogP contribution < -0.4 is 19.8 Å². The van der Waals surface area contributed by atoms with E-state index in [1.54, 1.807) is 0 Å². The van der Waals surface area contributed by atoms with Gasteiger partial charge >= 0.3 is 0 Å². The van der Waals surface area contributed by atoms with E-state index in [4.69, 9.17) is 4.99 Å². The number of allylic oxidation sites excluding steroid dienone is 1. The van der Waals surface area contributed by atoms with Crippen LogP contribution >= 0.6 is 11.3 Å². The molecule has 4 aromatic rings. The largest absolute Gasteiger partial charge is 0.378 e. The third-order valence-corrected chi connectivity index (χ3v) is 7.68. The summed E-state index contributed by atoms with van der Waals surface area (Å²) < 4.78 is 2.62. The fourth-order valence-corrected chi connectivity index (χ4v) is 5.98. The van der Waals surface area contributed by atoms with Crippen LogP contribution in [0, 0.1) is 0 Å². The predicted molar refractivity (Wildman–Crippen MR) is 140 cm³/mol. The number of hydrogen-bond acceptors (Lipinski definition) is 4. The number of benzene rings is 3. The second-order valence-corrected chi connectivity index (χ2v) is 10.0. The number of fused-ring (bicyclic) bond motifs is 3. The highest BCUT2D eigenvalue weighted by Gasteiger charge is 2.32. The van der Waals surface area contributed by atoms with E-state index in [0.717, 1.165) is 40.2 Å². The van der Waals surface area contributed by atoms with Gasteiger partial charge in [0.15, 0.2) is 4.80 Å². The molecule has 0 amide bonds. The predicted octanol–water partition coefficient (Wildman–Crippen LogP) is 4.38. The minimum absolute atomic E-state index is 0.0275. The molecule has 1 aliphatic heterocycles. The van der Waals surface area contributed by atoms with Gasteiger partial charge in [-0.2, -0.15) is 0 Å². The van der Waals surface area contributed by atoms with Gasteiger partial charge in [0.1, 0.15) is 0 Å². The van der Waals surface area contributed by atoms with Gasteiger partial charge in [0.05, 0.1) is 16.3 Å². The SMILES string of the molecule is CN(C)c1ccc(/C=c2\sc3n(c2=O)[C@H](c2ccccc2)C2=C(N=3)c3ccccc3CC2)cc1. The average molecular weight is 464 g/mol. The summed E-state index contributed by atoms with van der Waals surface area (Å²) in [6.45, 7) is 0. The standard InChI is InChI=1S/C29H25N3OS/c1-31(2)22-15-12-19(13-16-22)18-25-28(33)32-27(21-9-4-3-5-10-21)24-17-14-20-8-6-7-11-23(20)26(24)30-29(32)34-25/h3-13,15-16,18,27H,14,17H2,1-2H3/b25-18-/t27-/m1/s1. The molecule has 0 fully saturated rings. The van der Waals surface area contributed by atoms with Crippen LogP contribution in [-0.4, -0.2) is 18.7 Å². The summed E-state index contributed by atoms with van der Waals surface area (Å²) in [6, 6.07) is 27.0. The summed E-state index contributed by atoms with van der Waals surface area (Å²) in [5.41, 5.74) is 8.11. The Morgan fingerprint density at radius 1 is 0.941 bits per heavy atom. The maximum absolute atomic E-state index is 13.7. The van der Waals surface area contributed by atoms with Crippen molar-refractivity contribution in [2.75, 3.05) is 19.0 Å². The highest BCUT2D eigenvalue weighted by atomic mass is 32.1. The molecule has 3 aromatic carbocycles. The summed E-state index contributed by atoms with van der Waals surface area (Å²) in [4.78, 5) is 21.7. The Balaban J connectivity index is 1.57. The number of aryl methyl sites for hydroxylation is 1. The highest BCUT2D eigenvalue weighted by Crippen LogP contribution is 2.41. The molecule has 168 valence electrons. The van der Waals surface area contributed by atoms with Crippen LogP contribution in [-0.2, 0) is 6.42 Å². The van der Waals surface area contributed by atoms with E-state index >= 15 is 0 Å². The van der Waals surface area contributed by atoms with Gasteiger partial charge in [-0.1, -0.05) is 78.1 Å². The van der Waals surface area contributed by atoms with Gasteiger partial charge in [-0.05, 0) is 53.3 Å². The minimum Gasteiger partial charge on any atom is -0.378 e. The number of aromatic nitrogens is 1. The zero-order chi connectivity index (χ0) is 23.2. The van der Waals surface area contributed by atoms with Crippen LogP contribution in [0.15, 0.2) is 94.2 Å². The fourth-order valence-electron chi connectivity index (χ4n) is 4.98. The Kier molecular flexibility index (Phi) is 5.07. The van der Waals surface area contributed by atoms with Gasteiger partial charge in [-0.25, -0.2) is 4.99 Å². The van der Waals surface area contributed by atoms with E-state index in [2.05, 4.69) is 77.7 Å². The van der Waals surface area contributed by atoms with Crippen LogP contribution in [0.1, 0.15) is 34.7 Å². The molecule has 0 unspecified atom stereocenters. The van der Waals surface area contributed by atoms with E-state index in [1.807, 2.05) is 30.8 Å². The molecule has 0 saturated heterocycles. The third-order valence-electron chi connectivity index (χ3n) is 6.70. The van der Waals surface area contributed by atoms with E-state index in [1.165, 1.54) is 28.0 Å². The first-order chi connectivity index (χ1) is 16.6. The van der Waals surface area contributed by atoms with Crippen LogP contribution in [0.2, 0.25) is 0 Å². The molecule has 6 rings (SSSR count). The Bertz CT molecular complexity index is 1590. The first-order valence-electron chi connectivity index (χ1n) is 11.6. The number of rotatable bonds is 3. The molecule has 0 N–H and O–H groups in total. The summed E-state index contributed by atoms with van der Waals surface area (Å²) in [5, 5.41) is 0. The lowest BCUT2D eigenvalue weighted by atomic mass is 9.83. The fraction of sp³-hybridized carbons (Fsp3) is 0.172. The number of hydrogen-bond donors (Lipinski definition) is 0. The van der Waals surface area contributed by atoms with Gasteiger partial charge in [0.2, 0.25) is 0 Å². The number of thiazole rings is 1. The van der Waals surface area contributed by atoms with Crippen LogP contribution in [0.5, 0.6) is 0 Å². The molecule has 0 spiro atoms. The minimum atomic E-state index is -0.126. The molecule has 0 radical (unpaired) electrons. The molecule has 0 bridgehead atoms. The van der Waals surface area contributed by atoms with Crippen molar-refractivity contribution in [2.45, 2.75) is 18.9 Å². The summed E-state index contributed by atoms with van der Waals surface area (Å²) in [7, 11) is 4.05. The van der Waals surface area contributed by atoms with Crippen molar-refractivity contribution in [2.24, 2.45) is 4.99 Å². The molecule has 2 aliphatic rings. The normalized spacial score (nSPS) is 17.0. The molecule has 1 aromatic heterocycles. The molecule has 1 atom stereocenters. The molecular weight excluding hydrogens is 438 g/mol. The number of nitrogens with zero attached hydrogens (tertiary/aromatic N) is 3. The Morgan fingerprint density at radius 2 is 1.68 bits per heavy atom. The van der Waals surface area contributed by atoms with Gasteiger partial charge in [0.25, 0.3) is 5.56 Å². The summed E-state index contributed by atoms with van der Waals surface area (Å²) >= 11 is 1.48. The maximum atomic E-state index is 13.7. The topological polar surface area (TPSA) is 37.6 Å². The maximum Gasteiger partial charge on any atom is 0.271 e. The zero-order valence-electron chi connectivity index (χ0n) is 19.2. The van der Waals surface area contributed by atoms with Gasteiger partial charge in [-0.3, -0.25) is 9.36 Å². The van der Waals surface area contributed by atoms with Gasteiger partial charge in [0, 0.05) is 25.3 Å². The molecule has 1 aliphatic carbocycles. The summed E-state index contributed by atoms with van der Waals surface area (Å²) in [5.74, 6) is 0. The van der Waals surface area contributed by atoms with Crippen LogP contribution in [0.3, 0.4) is 0 Å². The van der Waals surface area contributed by atoms with Crippen molar-refractivity contribution >= 4 is 28.8 Å². The summed E-state index contributed by atoms with van der Waals surface area (Å²) in [6.07, 6.45) is 3.86. The average Bonchev–Trinajstić information content (AvgIpc) is 3.18. The molecule has 5 heteroatoms. The number of anilines is 1. The first-order valence-corrected chi connectivity index (χ1v) is 12.4. The lowest BCUT2D eigenvalue weighted by Crippen LogP contribution is -2.38. The highest BCUT2D eigenvalue weighted by molar-refractivity contribution is 7.07. The second-order valence-electron chi connectivity index (χ2n) is 9.01. The molecule has 4 nitrogen and oxygen atoms in total. The monoisotopic (exact) mass is 463 g/mol. The van der Waals surface area contributed by atoms with E-state index in [-0.39, 0.29) is 11.6 Å². The van der Waals surface area contributed by atoms with Crippen LogP contribution in [0.4, 0.5) is 5.69 Å². The zero-order valence-corrected chi connectivity index (χ0v) is 20.0. The quantitative estimate of drug-likeness (QED) is 0.452. The Morgan fingerprint density at radius 3 is 2.44 bits per heavy atom. The lowest BCUT2D eigenvalue weighted by molar-refractivity contribution is 0.585. The Hall–Kier alpha value is -3.70. The van der Waals surface area contributed by atoms with Crippen molar-refractivity contribution < 1.29 is 0 Å². The van der Waals surface area contributed by atoms with Crippen molar-refractivity contribution in [3.8, 4) is 0 Å². The lowest BCUT2D eigenvalue weighted by Gasteiger charge is -2.30. The van der Waals surface area contributed by atoms with Crippen LogP contribution in [0.25, 0.3) is 11.8 Å².